The smallest absolute Gasteiger partial charge is 0.320 e. The van der Waals surface area contributed by atoms with E-state index in [1.54, 1.807) is 18.3 Å². The molecule has 5 saturated heterocycles. The molecule has 2 unspecified atom stereocenters. The van der Waals surface area contributed by atoms with E-state index in [-0.39, 0.29) is 53.7 Å². The molecule has 7 aliphatic rings. The van der Waals surface area contributed by atoms with E-state index in [2.05, 4.69) is 35.2 Å². The molecule has 18 nitrogen and oxygen atoms in total. The predicted octanol–water partition coefficient (Wildman–Crippen LogP) is 4.18. The predicted molar refractivity (Wildman–Crippen MR) is 248 cm³/mol. The van der Waals surface area contributed by atoms with Gasteiger partial charge in [0.1, 0.15) is 11.9 Å². The van der Waals surface area contributed by atoms with Gasteiger partial charge in [0.25, 0.3) is 17.7 Å². The van der Waals surface area contributed by atoms with Crippen LogP contribution in [0.1, 0.15) is 119 Å². The zero-order valence-electron chi connectivity index (χ0n) is 37.9. The van der Waals surface area contributed by atoms with E-state index < -0.39 is 35.6 Å². The number of nitrogens with two attached hydrogens (primary N) is 1. The van der Waals surface area contributed by atoms with Gasteiger partial charge >= 0.3 is 6.03 Å². The molecule has 2 atom stereocenters. The number of ketones is 1. The fraction of sp³-hybridized carbons (Fsp3) is 0.531. The van der Waals surface area contributed by atoms with Crippen molar-refractivity contribution in [2.45, 2.75) is 95.2 Å². The summed E-state index contributed by atoms with van der Waals surface area (Å²) in [6.45, 7) is 7.18. The van der Waals surface area contributed by atoms with E-state index in [1.807, 2.05) is 35.2 Å². The fourth-order valence-electron chi connectivity index (χ4n) is 11.5. The molecule has 7 amide bonds. The number of carbonyl (C=O) groups excluding carboxylic acids is 7. The van der Waals surface area contributed by atoms with Gasteiger partial charge in [-0.15, -0.1) is 0 Å². The van der Waals surface area contributed by atoms with Gasteiger partial charge in [0.05, 0.1) is 23.4 Å². The number of carbonyl (C=O) groups is 7. The zero-order chi connectivity index (χ0) is 46.3. The second kappa shape index (κ2) is 18.7. The highest BCUT2D eigenvalue weighted by Crippen LogP contribution is 2.34. The summed E-state index contributed by atoms with van der Waals surface area (Å²) in [4.78, 5) is 112. The monoisotopic (exact) mass is 913 g/mol. The van der Waals surface area contributed by atoms with Crippen LogP contribution in [0.25, 0.3) is 0 Å². The van der Waals surface area contributed by atoms with Crippen LogP contribution in [0.5, 0.6) is 0 Å². The Kier molecular flexibility index (Phi) is 12.4. The molecule has 6 aliphatic heterocycles. The molecule has 10 rings (SSSR count). The van der Waals surface area contributed by atoms with Crippen molar-refractivity contribution in [1.82, 2.24) is 34.9 Å². The van der Waals surface area contributed by atoms with Crippen molar-refractivity contribution in [2.24, 2.45) is 17.6 Å². The Hall–Kier alpha value is -6.43. The maximum Gasteiger partial charge on any atom is 0.320 e. The Morgan fingerprint density at radius 1 is 0.731 bits per heavy atom. The summed E-state index contributed by atoms with van der Waals surface area (Å²) >= 11 is 0. The standard InChI is InChI=1S/C49H59N11O7/c50-44(63)42-45(53-40(27-51-42)57-19-3-6-36(29-57)59-25-24-58(49(59)67)34-4-1-2-5-34)52-33-9-7-31(8-10-33)43(62)32-17-20-55(21-18-32)28-30-15-22-56(23-16-30)35-11-12-37-38(26-35)48(66)60(47(37)65)39-13-14-41(61)54-46(39)64/h7-12,26-27,30,32,34,36,39H,1-6,13-25,28-29H2,(H2,50,63)(H,52,53)(H,54,61,64). The average molecular weight is 914 g/mol. The van der Waals surface area contributed by atoms with Gasteiger partial charge in [-0.25, -0.2) is 14.8 Å². The molecule has 1 saturated carbocycles. The van der Waals surface area contributed by atoms with Gasteiger partial charge in [0.15, 0.2) is 17.3 Å². The number of Topliss-reactive ketones (excluding diaryl/α,β-unsaturated/α-hetero) is 1. The van der Waals surface area contributed by atoms with Gasteiger partial charge in [0.2, 0.25) is 11.8 Å². The number of urea groups is 1. The number of aromatic nitrogens is 2. The number of nitrogens with one attached hydrogen (secondary N) is 2. The molecule has 0 spiro atoms. The molecule has 0 radical (unpaired) electrons. The van der Waals surface area contributed by atoms with Crippen molar-refractivity contribution in [2.75, 3.05) is 74.0 Å². The van der Waals surface area contributed by atoms with Crippen LogP contribution in [-0.4, -0.2) is 148 Å². The molecule has 7 heterocycles. The maximum absolute atomic E-state index is 13.7. The van der Waals surface area contributed by atoms with Crippen LogP contribution < -0.4 is 26.2 Å². The van der Waals surface area contributed by atoms with Crippen LogP contribution >= 0.6 is 0 Å². The molecule has 0 bridgehead atoms. The third-order valence-corrected chi connectivity index (χ3v) is 15.3. The van der Waals surface area contributed by atoms with Crippen LogP contribution in [0.3, 0.4) is 0 Å². The SMILES string of the molecule is NC(=O)c1ncc(N2CCCC(N3CCN(C4CCCC4)C3=O)C2)nc1Nc1ccc(C(=O)C2CCN(CC3CCN(c4ccc5c(c4)C(=O)N(C4CCC(=O)NC4=O)C5=O)CC3)CC2)cc1. The fourth-order valence-corrected chi connectivity index (χ4v) is 11.5. The van der Waals surface area contributed by atoms with E-state index >= 15 is 0 Å². The number of likely N-dealkylation sites (tertiary alicyclic amines) is 1. The van der Waals surface area contributed by atoms with Crippen molar-refractivity contribution < 1.29 is 33.6 Å². The number of piperidine rings is 4. The highest BCUT2D eigenvalue weighted by Gasteiger charge is 2.45. The highest BCUT2D eigenvalue weighted by atomic mass is 16.2. The topological polar surface area (TPSA) is 215 Å². The molecular formula is C49H59N11O7. The van der Waals surface area contributed by atoms with Crippen molar-refractivity contribution in [3.63, 3.8) is 0 Å². The lowest BCUT2D eigenvalue weighted by Crippen LogP contribution is -2.54. The minimum Gasteiger partial charge on any atom is -0.371 e. The summed E-state index contributed by atoms with van der Waals surface area (Å²) in [6.07, 6.45) is 11.7. The second-order valence-corrected chi connectivity index (χ2v) is 19.4. The molecule has 2 aromatic carbocycles. The van der Waals surface area contributed by atoms with E-state index in [9.17, 15) is 33.6 Å². The summed E-state index contributed by atoms with van der Waals surface area (Å²) in [5, 5.41) is 5.47. The van der Waals surface area contributed by atoms with Crippen LogP contribution in [0.15, 0.2) is 48.7 Å². The van der Waals surface area contributed by atoms with E-state index in [0.717, 1.165) is 114 Å². The summed E-state index contributed by atoms with van der Waals surface area (Å²) in [7, 11) is 0. The van der Waals surface area contributed by atoms with Crippen LogP contribution in [0.2, 0.25) is 0 Å². The van der Waals surface area contributed by atoms with Crippen molar-refractivity contribution in [1.29, 1.82) is 0 Å². The van der Waals surface area contributed by atoms with Crippen LogP contribution in [-0.2, 0) is 9.59 Å². The number of rotatable bonds is 12. The molecule has 18 heteroatoms. The maximum atomic E-state index is 13.7. The number of amides is 7. The Bertz CT molecular complexity index is 2460. The number of hydrogen-bond acceptors (Lipinski definition) is 13. The first-order chi connectivity index (χ1) is 32.5. The lowest BCUT2D eigenvalue weighted by molar-refractivity contribution is -0.136. The van der Waals surface area contributed by atoms with Crippen molar-refractivity contribution in [3.8, 4) is 0 Å². The van der Waals surface area contributed by atoms with Gasteiger partial charge in [-0.1, -0.05) is 12.8 Å². The average Bonchev–Trinajstić information content (AvgIpc) is 4.07. The minimum absolute atomic E-state index is 0.0220. The number of anilines is 4. The van der Waals surface area contributed by atoms with E-state index in [0.29, 0.717) is 41.1 Å². The molecule has 1 aliphatic carbocycles. The first-order valence-electron chi connectivity index (χ1n) is 24.2. The van der Waals surface area contributed by atoms with Crippen molar-refractivity contribution in [3.05, 3.63) is 71.0 Å². The first-order valence-corrected chi connectivity index (χ1v) is 24.2. The summed E-state index contributed by atoms with van der Waals surface area (Å²) in [6, 6.07) is 12.1. The van der Waals surface area contributed by atoms with Gasteiger partial charge in [-0.2, -0.15) is 0 Å². The van der Waals surface area contributed by atoms with E-state index in [4.69, 9.17) is 10.7 Å². The first kappa shape index (κ1) is 44.4. The Labute approximate surface area is 389 Å². The molecule has 4 N–H and O–H groups in total. The molecule has 6 fully saturated rings. The minimum atomic E-state index is -0.989. The number of hydrogen-bond donors (Lipinski definition) is 3. The Balaban J connectivity index is 0.694. The van der Waals surface area contributed by atoms with E-state index in [1.165, 1.54) is 12.8 Å². The number of imide groups is 2. The molecule has 352 valence electrons. The molecule has 67 heavy (non-hydrogen) atoms. The Morgan fingerprint density at radius 3 is 2.15 bits per heavy atom. The van der Waals surface area contributed by atoms with Gasteiger partial charge in [-0.05, 0) is 119 Å². The summed E-state index contributed by atoms with van der Waals surface area (Å²) in [5.74, 6) is -1.33. The van der Waals surface area contributed by atoms with Gasteiger partial charge < -0.3 is 35.6 Å². The number of primary amides is 1. The van der Waals surface area contributed by atoms with Crippen molar-refractivity contribution >= 4 is 64.4 Å². The third-order valence-electron chi connectivity index (χ3n) is 15.3. The molecule has 3 aromatic rings. The lowest BCUT2D eigenvalue weighted by atomic mass is 9.87. The quantitative estimate of drug-likeness (QED) is 0.172. The number of nitrogens with zero attached hydrogens (tertiary/aromatic N) is 8. The largest absolute Gasteiger partial charge is 0.371 e. The van der Waals surface area contributed by atoms with Crippen LogP contribution in [0.4, 0.5) is 27.8 Å². The normalized spacial score (nSPS) is 23.6. The third kappa shape index (κ3) is 8.94. The van der Waals surface area contributed by atoms with Gasteiger partial charge in [-0.3, -0.25) is 39.0 Å². The lowest BCUT2D eigenvalue weighted by Gasteiger charge is -2.38. The molecular weight excluding hydrogens is 855 g/mol. The highest BCUT2D eigenvalue weighted by molar-refractivity contribution is 6.23. The summed E-state index contributed by atoms with van der Waals surface area (Å²) < 4.78 is 0. The molecule has 1 aromatic heterocycles. The number of benzene rings is 2. The zero-order valence-corrected chi connectivity index (χ0v) is 37.9. The number of fused-ring (bicyclic) bond motifs is 1. The van der Waals surface area contributed by atoms with Crippen LogP contribution in [0, 0.1) is 11.8 Å². The summed E-state index contributed by atoms with van der Waals surface area (Å²) in [5.41, 5.74) is 8.48. The van der Waals surface area contributed by atoms with Gasteiger partial charge in [0, 0.05) is 81.1 Å². The Morgan fingerprint density at radius 2 is 1.43 bits per heavy atom. The second-order valence-electron chi connectivity index (χ2n) is 19.4.